The van der Waals surface area contributed by atoms with Gasteiger partial charge in [0.05, 0.1) is 18.0 Å². The van der Waals surface area contributed by atoms with E-state index in [-0.39, 0.29) is 5.69 Å². The Morgan fingerprint density at radius 1 is 0.848 bits per heavy atom. The van der Waals surface area contributed by atoms with Gasteiger partial charge in [0.15, 0.2) is 0 Å². The molecule has 172 valence electrons. The Balaban J connectivity index is 1.22. The summed E-state index contributed by atoms with van der Waals surface area (Å²) in [5.74, 6) is 3.72. The molecule has 2 bridgehead atoms. The zero-order valence-corrected chi connectivity index (χ0v) is 19.3. The Morgan fingerprint density at radius 2 is 1.45 bits per heavy atom. The topological polar surface area (TPSA) is 48.6 Å². The highest BCUT2D eigenvalue weighted by Crippen LogP contribution is 2.43. The van der Waals surface area contributed by atoms with Gasteiger partial charge in [-0.15, -0.1) is 0 Å². The summed E-state index contributed by atoms with van der Waals surface area (Å²) in [7, 11) is 4.03. The van der Waals surface area contributed by atoms with Gasteiger partial charge >= 0.3 is 5.69 Å². The van der Waals surface area contributed by atoms with Gasteiger partial charge in [-0.05, 0) is 93.2 Å². The van der Waals surface area contributed by atoms with Crippen LogP contribution < -0.4 is 15.2 Å². The van der Waals surface area contributed by atoms with Crippen LogP contribution in [0.1, 0.15) is 12.8 Å². The molecule has 1 heterocycles. The molecule has 33 heavy (non-hydrogen) atoms. The number of hydrogen-bond acceptors (Lipinski definition) is 4. The van der Waals surface area contributed by atoms with Crippen LogP contribution in [0, 0.1) is 17.8 Å². The fourth-order valence-electron chi connectivity index (χ4n) is 4.81. The van der Waals surface area contributed by atoms with Crippen molar-refractivity contribution in [2.24, 2.45) is 17.8 Å². The zero-order chi connectivity index (χ0) is 22.8. The largest absolute Gasteiger partial charge is 0.493 e. The van der Waals surface area contributed by atoms with Crippen molar-refractivity contribution in [1.29, 1.82) is 0 Å². The van der Waals surface area contributed by atoms with Gasteiger partial charge in [-0.3, -0.25) is 9.13 Å². The summed E-state index contributed by atoms with van der Waals surface area (Å²) in [6.45, 7) is 2.24. The predicted molar refractivity (Wildman–Crippen MR) is 130 cm³/mol. The normalized spacial score (nSPS) is 21.1. The molecule has 3 unspecified atom stereocenters. The first-order valence-electron chi connectivity index (χ1n) is 11.7. The zero-order valence-electron chi connectivity index (χ0n) is 19.3. The summed E-state index contributed by atoms with van der Waals surface area (Å²) >= 11 is 0. The number of imidazole rings is 1. The van der Waals surface area contributed by atoms with Crippen molar-refractivity contribution >= 4 is 0 Å². The van der Waals surface area contributed by atoms with Gasteiger partial charge in [-0.1, -0.05) is 12.2 Å². The van der Waals surface area contributed by atoms with E-state index in [1.54, 1.807) is 21.5 Å². The first kappa shape index (κ1) is 21.6. The summed E-state index contributed by atoms with van der Waals surface area (Å²) in [4.78, 5) is 15.1. The van der Waals surface area contributed by atoms with E-state index in [4.69, 9.17) is 9.47 Å². The van der Waals surface area contributed by atoms with Gasteiger partial charge in [-0.2, -0.15) is 0 Å². The number of fused-ring (bicyclic) bond motifs is 2. The molecule has 3 atom stereocenters. The van der Waals surface area contributed by atoms with Crippen molar-refractivity contribution in [2.45, 2.75) is 12.8 Å². The quantitative estimate of drug-likeness (QED) is 0.464. The smallest absolute Gasteiger partial charge is 0.337 e. The molecule has 1 aromatic heterocycles. The van der Waals surface area contributed by atoms with E-state index in [9.17, 15) is 4.79 Å². The summed E-state index contributed by atoms with van der Waals surface area (Å²) in [5.41, 5.74) is 1.51. The van der Waals surface area contributed by atoms with E-state index >= 15 is 0 Å². The summed E-state index contributed by atoms with van der Waals surface area (Å²) in [6, 6.07) is 15.4. The monoisotopic (exact) mass is 445 g/mol. The average molecular weight is 446 g/mol. The third-order valence-corrected chi connectivity index (χ3v) is 6.69. The number of likely N-dealkylation sites (N-methyl/N-ethyl adjacent to an activating group) is 1. The van der Waals surface area contributed by atoms with E-state index in [0.717, 1.165) is 41.9 Å². The van der Waals surface area contributed by atoms with E-state index in [0.29, 0.717) is 18.4 Å². The van der Waals surface area contributed by atoms with Crippen molar-refractivity contribution in [3.05, 3.63) is 83.6 Å². The minimum atomic E-state index is -0.112. The number of rotatable bonds is 9. The molecule has 0 radical (unpaired) electrons. The van der Waals surface area contributed by atoms with Gasteiger partial charge in [0, 0.05) is 18.9 Å². The SMILES string of the molecule is CN(C)CCOc1ccc(-n2ccn(-c3ccc(OCC4CC5C=CC4C5)cc3)c2=O)cc1. The molecule has 6 heteroatoms. The second-order valence-electron chi connectivity index (χ2n) is 9.31. The van der Waals surface area contributed by atoms with Crippen molar-refractivity contribution in [2.75, 3.05) is 33.9 Å². The molecule has 2 aliphatic rings. The number of nitrogens with zero attached hydrogens (tertiary/aromatic N) is 3. The lowest BCUT2D eigenvalue weighted by Gasteiger charge is -2.18. The molecule has 6 nitrogen and oxygen atoms in total. The van der Waals surface area contributed by atoms with Crippen molar-refractivity contribution in [3.63, 3.8) is 0 Å². The van der Waals surface area contributed by atoms with Crippen LogP contribution in [0.5, 0.6) is 11.5 Å². The van der Waals surface area contributed by atoms with Gasteiger partial charge in [0.1, 0.15) is 18.1 Å². The van der Waals surface area contributed by atoms with Crippen LogP contribution in [0.2, 0.25) is 0 Å². The maximum atomic E-state index is 13.0. The number of allylic oxidation sites excluding steroid dienone is 2. The van der Waals surface area contributed by atoms with E-state index in [2.05, 4.69) is 17.1 Å². The van der Waals surface area contributed by atoms with Gasteiger partial charge in [0.2, 0.25) is 0 Å². The molecule has 2 aliphatic carbocycles. The maximum Gasteiger partial charge on any atom is 0.337 e. The summed E-state index contributed by atoms with van der Waals surface area (Å²) in [5, 5.41) is 0. The molecule has 1 fully saturated rings. The third kappa shape index (κ3) is 4.76. The summed E-state index contributed by atoms with van der Waals surface area (Å²) < 4.78 is 15.1. The molecule has 0 aliphatic heterocycles. The van der Waals surface area contributed by atoms with Crippen LogP contribution in [0.15, 0.2) is 77.9 Å². The van der Waals surface area contributed by atoms with Crippen molar-refractivity contribution in [3.8, 4) is 22.9 Å². The van der Waals surface area contributed by atoms with Crippen LogP contribution in [0.4, 0.5) is 0 Å². The second-order valence-corrected chi connectivity index (χ2v) is 9.31. The minimum Gasteiger partial charge on any atom is -0.493 e. The Hall–Kier alpha value is -3.25. The highest BCUT2D eigenvalue weighted by Gasteiger charge is 2.35. The van der Waals surface area contributed by atoms with Crippen LogP contribution in [0.3, 0.4) is 0 Å². The second kappa shape index (κ2) is 9.32. The standard InChI is InChI=1S/C27H31N3O3/c1-28(2)15-16-32-25-9-5-23(6-10-25)29-13-14-30(27(29)31)24-7-11-26(12-8-24)33-19-22-18-20-3-4-21(22)17-20/h3-14,20-22H,15-19H2,1-2H3. The molecule has 5 rings (SSSR count). The highest BCUT2D eigenvalue weighted by molar-refractivity contribution is 5.40. The lowest BCUT2D eigenvalue weighted by Crippen LogP contribution is -2.21. The van der Waals surface area contributed by atoms with Gasteiger partial charge < -0.3 is 14.4 Å². The third-order valence-electron chi connectivity index (χ3n) is 6.69. The minimum absolute atomic E-state index is 0.112. The molecule has 0 saturated heterocycles. The Bertz CT molecular complexity index is 1160. The fraction of sp³-hybridized carbons (Fsp3) is 0.370. The lowest BCUT2D eigenvalue weighted by molar-refractivity contribution is 0.227. The van der Waals surface area contributed by atoms with E-state index in [1.165, 1.54) is 12.8 Å². The maximum absolute atomic E-state index is 13.0. The molecule has 3 aromatic rings. The van der Waals surface area contributed by atoms with Gasteiger partial charge in [-0.25, -0.2) is 4.79 Å². The van der Waals surface area contributed by atoms with E-state index < -0.39 is 0 Å². The Morgan fingerprint density at radius 3 is 1.97 bits per heavy atom. The number of ether oxygens (including phenoxy) is 2. The van der Waals surface area contributed by atoms with Crippen LogP contribution in [-0.4, -0.2) is 47.9 Å². The van der Waals surface area contributed by atoms with Gasteiger partial charge in [0.25, 0.3) is 0 Å². The first-order chi connectivity index (χ1) is 16.1. The average Bonchev–Trinajstić information content (AvgIpc) is 3.54. The molecular formula is C27H31N3O3. The van der Waals surface area contributed by atoms with Crippen molar-refractivity contribution < 1.29 is 9.47 Å². The summed E-state index contributed by atoms with van der Waals surface area (Å²) in [6.07, 6.45) is 10.8. The molecular weight excluding hydrogens is 414 g/mol. The van der Waals surface area contributed by atoms with Crippen LogP contribution in [0.25, 0.3) is 11.4 Å². The molecule has 0 amide bonds. The van der Waals surface area contributed by atoms with Crippen molar-refractivity contribution in [1.82, 2.24) is 14.0 Å². The number of hydrogen-bond donors (Lipinski definition) is 0. The van der Waals surface area contributed by atoms with Crippen LogP contribution >= 0.6 is 0 Å². The highest BCUT2D eigenvalue weighted by atomic mass is 16.5. The predicted octanol–water partition coefficient (Wildman–Crippen LogP) is 4.16. The first-order valence-corrected chi connectivity index (χ1v) is 11.7. The Labute approximate surface area is 194 Å². The lowest BCUT2D eigenvalue weighted by atomic mass is 9.95. The molecule has 1 saturated carbocycles. The van der Waals surface area contributed by atoms with Crippen LogP contribution in [-0.2, 0) is 0 Å². The fourth-order valence-corrected chi connectivity index (χ4v) is 4.81. The molecule has 0 N–H and O–H groups in total. The molecule has 0 spiro atoms. The van der Waals surface area contributed by atoms with E-state index in [1.807, 2.05) is 62.6 Å². The molecule has 2 aromatic carbocycles. The Kier molecular flexibility index (Phi) is 6.09. The number of benzene rings is 2. The number of aromatic nitrogens is 2.